The molecule has 88 valence electrons. The van der Waals surface area contributed by atoms with Crippen molar-refractivity contribution in [1.82, 2.24) is 0 Å². The van der Waals surface area contributed by atoms with E-state index in [1.807, 2.05) is 6.07 Å². The number of allylic oxidation sites excluding steroid dienone is 2. The van der Waals surface area contributed by atoms with Crippen LogP contribution in [0.25, 0.3) is 5.57 Å². The molecule has 0 aromatic heterocycles. The van der Waals surface area contributed by atoms with E-state index in [2.05, 4.69) is 45.0 Å². The Labute approximate surface area is 103 Å². The highest BCUT2D eigenvalue weighted by Gasteiger charge is 2.56. The molecule has 1 aromatic rings. The Kier molecular flexibility index (Phi) is 2.10. The average molecular weight is 226 g/mol. The van der Waals surface area contributed by atoms with Crippen LogP contribution in [0.2, 0.25) is 0 Å². The topological polar surface area (TPSA) is 17.1 Å². The molecule has 0 heterocycles. The maximum atomic E-state index is 11.8. The first kappa shape index (κ1) is 10.8. The highest BCUT2D eigenvalue weighted by atomic mass is 16.1. The van der Waals surface area contributed by atoms with Gasteiger partial charge in [0, 0.05) is 18.3 Å². The Morgan fingerprint density at radius 2 is 1.82 bits per heavy atom. The van der Waals surface area contributed by atoms with Crippen LogP contribution in [0.1, 0.15) is 32.8 Å². The third kappa shape index (κ3) is 1.28. The Bertz CT molecular complexity index is 508. The molecule has 1 saturated carbocycles. The third-order valence-electron chi connectivity index (χ3n) is 4.77. The Morgan fingerprint density at radius 3 is 2.35 bits per heavy atom. The molecule has 0 radical (unpaired) electrons. The van der Waals surface area contributed by atoms with E-state index in [0.717, 1.165) is 6.42 Å². The van der Waals surface area contributed by atoms with Crippen LogP contribution in [0.4, 0.5) is 0 Å². The van der Waals surface area contributed by atoms with E-state index >= 15 is 0 Å². The minimum atomic E-state index is 0.0468. The number of ketones is 1. The monoisotopic (exact) mass is 226 g/mol. The van der Waals surface area contributed by atoms with Crippen molar-refractivity contribution in [1.29, 1.82) is 0 Å². The van der Waals surface area contributed by atoms with E-state index in [-0.39, 0.29) is 11.3 Å². The molecule has 0 spiro atoms. The van der Waals surface area contributed by atoms with Gasteiger partial charge in [0.2, 0.25) is 0 Å². The van der Waals surface area contributed by atoms with Gasteiger partial charge in [0.05, 0.1) is 0 Å². The van der Waals surface area contributed by atoms with Crippen LogP contribution in [0, 0.1) is 17.3 Å². The SMILES string of the molecule is CC1=C(c2ccccc2)C2CC(=O)C2C1(C)C. The molecule has 0 aliphatic heterocycles. The van der Waals surface area contributed by atoms with Crippen molar-refractivity contribution in [3.63, 3.8) is 0 Å². The van der Waals surface area contributed by atoms with Gasteiger partial charge >= 0.3 is 0 Å². The van der Waals surface area contributed by atoms with Gasteiger partial charge < -0.3 is 0 Å². The van der Waals surface area contributed by atoms with Crippen molar-refractivity contribution in [2.75, 3.05) is 0 Å². The fourth-order valence-corrected chi connectivity index (χ4v) is 3.61. The number of carbonyl (C=O) groups excluding carboxylic acids is 1. The van der Waals surface area contributed by atoms with Crippen LogP contribution >= 0.6 is 0 Å². The van der Waals surface area contributed by atoms with E-state index in [9.17, 15) is 4.79 Å². The fraction of sp³-hybridized carbons (Fsp3) is 0.438. The minimum Gasteiger partial charge on any atom is -0.299 e. The second kappa shape index (κ2) is 3.32. The lowest BCUT2D eigenvalue weighted by atomic mass is 9.62. The van der Waals surface area contributed by atoms with Gasteiger partial charge in [-0.15, -0.1) is 0 Å². The summed E-state index contributed by atoms with van der Waals surface area (Å²) in [5, 5.41) is 0. The molecule has 0 amide bonds. The van der Waals surface area contributed by atoms with Crippen molar-refractivity contribution >= 4 is 11.4 Å². The zero-order valence-corrected chi connectivity index (χ0v) is 10.7. The molecule has 1 heteroatoms. The highest BCUT2D eigenvalue weighted by molar-refractivity contribution is 5.97. The first-order chi connectivity index (χ1) is 8.03. The Hall–Kier alpha value is -1.37. The standard InChI is InChI=1S/C16H18O/c1-10-14(11-7-5-4-6-8-11)12-9-13(17)15(12)16(10,2)3/h4-8,12,15H,9H2,1-3H3. The zero-order chi connectivity index (χ0) is 12.2. The lowest BCUT2D eigenvalue weighted by Gasteiger charge is -2.39. The van der Waals surface area contributed by atoms with E-state index in [1.165, 1.54) is 16.7 Å². The predicted octanol–water partition coefficient (Wildman–Crippen LogP) is 3.71. The van der Waals surface area contributed by atoms with Gasteiger partial charge in [-0.3, -0.25) is 4.79 Å². The quantitative estimate of drug-likeness (QED) is 0.713. The molecule has 0 bridgehead atoms. The number of benzene rings is 1. The molecule has 1 nitrogen and oxygen atoms in total. The Morgan fingerprint density at radius 1 is 1.18 bits per heavy atom. The summed E-state index contributed by atoms with van der Waals surface area (Å²) in [6, 6.07) is 10.5. The normalized spacial score (nSPS) is 30.2. The molecule has 0 saturated heterocycles. The molecule has 3 rings (SSSR count). The molecule has 2 atom stereocenters. The number of carbonyl (C=O) groups is 1. The molecule has 2 aliphatic carbocycles. The van der Waals surface area contributed by atoms with Crippen LogP contribution in [0.5, 0.6) is 0 Å². The summed E-state index contributed by atoms with van der Waals surface area (Å²) in [6.45, 7) is 6.63. The number of hydrogen-bond donors (Lipinski definition) is 0. The lowest BCUT2D eigenvalue weighted by molar-refractivity contribution is -0.135. The first-order valence-corrected chi connectivity index (χ1v) is 6.33. The second-order valence-electron chi connectivity index (χ2n) is 5.88. The summed E-state index contributed by atoms with van der Waals surface area (Å²) in [7, 11) is 0. The molecule has 0 N–H and O–H groups in total. The van der Waals surface area contributed by atoms with Crippen molar-refractivity contribution in [2.45, 2.75) is 27.2 Å². The van der Waals surface area contributed by atoms with Crippen molar-refractivity contribution in [3.8, 4) is 0 Å². The maximum Gasteiger partial charge on any atom is 0.138 e. The molecule has 1 fully saturated rings. The van der Waals surface area contributed by atoms with Gasteiger partial charge in [-0.1, -0.05) is 49.8 Å². The first-order valence-electron chi connectivity index (χ1n) is 6.33. The molecular formula is C16H18O. The number of Topliss-reactive ketones (excluding diaryl/α,β-unsaturated/α-hetero) is 1. The van der Waals surface area contributed by atoms with E-state index < -0.39 is 0 Å². The number of fused-ring (bicyclic) bond motifs is 1. The van der Waals surface area contributed by atoms with Crippen molar-refractivity contribution < 1.29 is 4.79 Å². The smallest absolute Gasteiger partial charge is 0.138 e. The maximum absolute atomic E-state index is 11.8. The molecule has 2 aliphatic rings. The summed E-state index contributed by atoms with van der Waals surface area (Å²) in [6.07, 6.45) is 0.746. The highest BCUT2D eigenvalue weighted by Crippen LogP contribution is 2.60. The van der Waals surface area contributed by atoms with Gasteiger partial charge in [0.1, 0.15) is 5.78 Å². The Balaban J connectivity index is 2.12. The third-order valence-corrected chi connectivity index (χ3v) is 4.77. The summed E-state index contributed by atoms with van der Waals surface area (Å²) in [4.78, 5) is 11.8. The number of rotatable bonds is 1. The van der Waals surface area contributed by atoms with Crippen molar-refractivity contribution in [3.05, 3.63) is 41.5 Å². The van der Waals surface area contributed by atoms with Crippen LogP contribution < -0.4 is 0 Å². The van der Waals surface area contributed by atoms with E-state index in [1.54, 1.807) is 0 Å². The largest absolute Gasteiger partial charge is 0.299 e. The minimum absolute atomic E-state index is 0.0468. The second-order valence-corrected chi connectivity index (χ2v) is 5.88. The molecule has 17 heavy (non-hydrogen) atoms. The van der Waals surface area contributed by atoms with Crippen molar-refractivity contribution in [2.24, 2.45) is 17.3 Å². The number of hydrogen-bond acceptors (Lipinski definition) is 1. The summed E-state index contributed by atoms with van der Waals surface area (Å²) >= 11 is 0. The van der Waals surface area contributed by atoms with Gasteiger partial charge in [0.25, 0.3) is 0 Å². The fourth-order valence-electron chi connectivity index (χ4n) is 3.61. The van der Waals surface area contributed by atoms with Gasteiger partial charge in [-0.25, -0.2) is 0 Å². The van der Waals surface area contributed by atoms with Crippen LogP contribution in [0.15, 0.2) is 35.9 Å². The molecular weight excluding hydrogens is 208 g/mol. The van der Waals surface area contributed by atoms with E-state index in [0.29, 0.717) is 11.7 Å². The van der Waals surface area contributed by atoms with Crippen LogP contribution in [0.3, 0.4) is 0 Å². The van der Waals surface area contributed by atoms with Crippen LogP contribution in [-0.2, 0) is 4.79 Å². The lowest BCUT2D eigenvalue weighted by Crippen LogP contribution is -2.42. The summed E-state index contributed by atoms with van der Waals surface area (Å²) in [5.41, 5.74) is 4.19. The predicted molar refractivity (Wildman–Crippen MR) is 69.4 cm³/mol. The molecule has 2 unspecified atom stereocenters. The average Bonchev–Trinajstić information content (AvgIpc) is 2.43. The zero-order valence-electron chi connectivity index (χ0n) is 10.7. The van der Waals surface area contributed by atoms with Gasteiger partial charge in [-0.2, -0.15) is 0 Å². The van der Waals surface area contributed by atoms with Crippen LogP contribution in [-0.4, -0.2) is 5.78 Å². The van der Waals surface area contributed by atoms with E-state index in [4.69, 9.17) is 0 Å². The summed E-state index contributed by atoms with van der Waals surface area (Å²) in [5.74, 6) is 1.16. The van der Waals surface area contributed by atoms with Gasteiger partial charge in [0.15, 0.2) is 0 Å². The summed E-state index contributed by atoms with van der Waals surface area (Å²) < 4.78 is 0. The van der Waals surface area contributed by atoms with Gasteiger partial charge in [-0.05, 0) is 23.5 Å². The molecule has 1 aromatic carbocycles.